The Bertz CT molecular complexity index is 1360. The predicted octanol–water partition coefficient (Wildman–Crippen LogP) is 5.70. The summed E-state index contributed by atoms with van der Waals surface area (Å²) in [7, 11) is 3.13. The molecule has 0 aliphatic rings. The maximum Gasteiger partial charge on any atom is 0.337 e. The van der Waals surface area contributed by atoms with E-state index < -0.39 is 5.97 Å². The highest BCUT2D eigenvalue weighted by molar-refractivity contribution is 6.31. The minimum Gasteiger partial charge on any atom is -0.493 e. The maximum absolute atomic E-state index is 11.6. The van der Waals surface area contributed by atoms with Gasteiger partial charge in [0.1, 0.15) is 11.3 Å². The van der Waals surface area contributed by atoms with E-state index in [2.05, 4.69) is 4.99 Å². The van der Waals surface area contributed by atoms with Crippen molar-refractivity contribution in [2.75, 3.05) is 14.2 Å². The Hall–Kier alpha value is -3.77. The molecule has 0 atom stereocenters. The van der Waals surface area contributed by atoms with E-state index in [4.69, 9.17) is 25.5 Å². The standard InChI is InChI=1S/C24H18ClNO5/c1-29-21-9-7-14(11-23(21)30-2)22-13-19(17-12-15(25)8-10-20(17)31-22)26-18-6-4-3-5-16(18)24(27)28/h3-13H,1-2H3,(H,27,28). The molecule has 1 N–H and O–H groups in total. The molecule has 4 rings (SSSR count). The van der Waals surface area contributed by atoms with Gasteiger partial charge in [-0.15, -0.1) is 0 Å². The Balaban J connectivity index is 2.00. The number of nitrogens with zero attached hydrogens (tertiary/aromatic N) is 1. The number of hydrogen-bond donors (Lipinski definition) is 1. The van der Waals surface area contributed by atoms with Gasteiger partial charge >= 0.3 is 5.97 Å². The highest BCUT2D eigenvalue weighted by Gasteiger charge is 2.12. The molecule has 7 heteroatoms. The zero-order valence-electron chi connectivity index (χ0n) is 16.8. The minimum atomic E-state index is -1.05. The van der Waals surface area contributed by atoms with Gasteiger partial charge in [-0.1, -0.05) is 23.7 Å². The van der Waals surface area contributed by atoms with Crippen molar-refractivity contribution >= 4 is 34.2 Å². The van der Waals surface area contributed by atoms with Gasteiger partial charge in [-0.25, -0.2) is 9.79 Å². The number of benzene rings is 3. The number of aromatic carboxylic acids is 1. The second kappa shape index (κ2) is 8.53. The summed E-state index contributed by atoms with van der Waals surface area (Å²) in [4.78, 5) is 16.3. The van der Waals surface area contributed by atoms with E-state index in [9.17, 15) is 9.90 Å². The number of ether oxygens (including phenoxy) is 2. The molecule has 4 aromatic rings. The summed E-state index contributed by atoms with van der Waals surface area (Å²) in [6, 6.07) is 19.0. The van der Waals surface area contributed by atoms with Crippen molar-refractivity contribution in [2.24, 2.45) is 4.99 Å². The first-order valence-corrected chi connectivity index (χ1v) is 9.71. The van der Waals surface area contributed by atoms with Crippen LogP contribution in [-0.2, 0) is 0 Å². The van der Waals surface area contributed by atoms with Crippen LogP contribution in [-0.4, -0.2) is 25.3 Å². The van der Waals surface area contributed by atoms with Crippen LogP contribution in [0.2, 0.25) is 5.02 Å². The maximum atomic E-state index is 11.6. The smallest absolute Gasteiger partial charge is 0.337 e. The third-order valence-corrected chi connectivity index (χ3v) is 4.98. The van der Waals surface area contributed by atoms with E-state index in [1.165, 1.54) is 6.07 Å². The van der Waals surface area contributed by atoms with E-state index in [-0.39, 0.29) is 5.56 Å². The molecule has 0 saturated heterocycles. The average molecular weight is 436 g/mol. The zero-order valence-corrected chi connectivity index (χ0v) is 17.5. The topological polar surface area (TPSA) is 81.3 Å². The van der Waals surface area contributed by atoms with Crippen molar-refractivity contribution in [1.82, 2.24) is 0 Å². The highest BCUT2D eigenvalue weighted by atomic mass is 35.5. The Labute approximate surface area is 183 Å². The fourth-order valence-electron chi connectivity index (χ4n) is 3.25. The lowest BCUT2D eigenvalue weighted by Gasteiger charge is -2.10. The summed E-state index contributed by atoms with van der Waals surface area (Å²) in [6.07, 6.45) is 0. The van der Waals surface area contributed by atoms with Crippen LogP contribution in [0.1, 0.15) is 10.4 Å². The van der Waals surface area contributed by atoms with Crippen LogP contribution in [0, 0.1) is 0 Å². The fourth-order valence-corrected chi connectivity index (χ4v) is 3.42. The summed E-state index contributed by atoms with van der Waals surface area (Å²) < 4.78 is 16.8. The van der Waals surface area contributed by atoms with E-state index in [0.29, 0.717) is 44.3 Å². The number of methoxy groups -OCH3 is 2. The Morgan fingerprint density at radius 2 is 1.74 bits per heavy atom. The molecule has 0 aliphatic carbocycles. The Morgan fingerprint density at radius 3 is 2.48 bits per heavy atom. The Kier molecular flexibility index (Phi) is 5.64. The average Bonchev–Trinajstić information content (AvgIpc) is 2.79. The van der Waals surface area contributed by atoms with E-state index in [0.717, 1.165) is 5.56 Å². The lowest BCUT2D eigenvalue weighted by Crippen LogP contribution is -2.05. The number of rotatable bonds is 5. The third-order valence-electron chi connectivity index (χ3n) is 4.75. The molecule has 1 aromatic heterocycles. The number of halogens is 1. The summed E-state index contributed by atoms with van der Waals surface area (Å²) in [5.74, 6) is 0.630. The van der Waals surface area contributed by atoms with Crippen molar-refractivity contribution in [3.63, 3.8) is 0 Å². The first-order chi connectivity index (χ1) is 15.0. The summed E-state index contributed by atoms with van der Waals surface area (Å²) in [5.41, 5.74) is 1.74. The van der Waals surface area contributed by atoms with Crippen molar-refractivity contribution in [3.05, 3.63) is 82.7 Å². The van der Waals surface area contributed by atoms with E-state index >= 15 is 0 Å². The first kappa shape index (κ1) is 20.5. The quantitative estimate of drug-likeness (QED) is 0.434. The molecule has 0 amide bonds. The summed E-state index contributed by atoms with van der Waals surface area (Å²) >= 11 is 6.20. The van der Waals surface area contributed by atoms with Gasteiger partial charge in [0.25, 0.3) is 0 Å². The summed E-state index contributed by atoms with van der Waals surface area (Å²) in [6.45, 7) is 0. The van der Waals surface area contributed by atoms with Crippen LogP contribution >= 0.6 is 11.6 Å². The molecule has 0 unspecified atom stereocenters. The molecule has 0 aliphatic heterocycles. The van der Waals surface area contributed by atoms with Crippen molar-refractivity contribution in [3.8, 4) is 22.8 Å². The summed E-state index contributed by atoms with van der Waals surface area (Å²) in [5, 5.41) is 11.2. The number of hydrogen-bond acceptors (Lipinski definition) is 5. The predicted molar refractivity (Wildman–Crippen MR) is 118 cm³/mol. The van der Waals surface area contributed by atoms with Crippen LogP contribution in [0.15, 0.2) is 76.1 Å². The number of carbonyl (C=O) groups is 1. The Morgan fingerprint density at radius 1 is 0.968 bits per heavy atom. The SMILES string of the molecule is COc1ccc(-c2cc(=Nc3ccccc3C(=O)O)c3cc(Cl)ccc3o2)cc1OC. The van der Waals surface area contributed by atoms with Crippen LogP contribution in [0.5, 0.6) is 11.5 Å². The molecule has 1 heterocycles. The largest absolute Gasteiger partial charge is 0.493 e. The molecule has 3 aromatic carbocycles. The lowest BCUT2D eigenvalue weighted by atomic mass is 10.1. The van der Waals surface area contributed by atoms with Gasteiger partial charge in [0.2, 0.25) is 0 Å². The van der Waals surface area contributed by atoms with Gasteiger partial charge in [-0.2, -0.15) is 0 Å². The molecule has 0 spiro atoms. The van der Waals surface area contributed by atoms with Gasteiger partial charge in [0.15, 0.2) is 11.5 Å². The van der Waals surface area contributed by atoms with Crippen molar-refractivity contribution < 1.29 is 23.8 Å². The normalized spacial score (nSPS) is 11.5. The number of carboxylic acids is 1. The third kappa shape index (κ3) is 4.11. The molecule has 31 heavy (non-hydrogen) atoms. The van der Waals surface area contributed by atoms with E-state index in [1.807, 2.05) is 6.07 Å². The van der Waals surface area contributed by atoms with Gasteiger partial charge in [-0.05, 0) is 48.5 Å². The second-order valence-corrected chi connectivity index (χ2v) is 7.08. The van der Waals surface area contributed by atoms with Crippen molar-refractivity contribution in [1.29, 1.82) is 0 Å². The molecule has 0 fully saturated rings. The fraction of sp³-hybridized carbons (Fsp3) is 0.0833. The number of carboxylic acid groups (broad SMARTS) is 1. The van der Waals surface area contributed by atoms with Crippen LogP contribution in [0.3, 0.4) is 0 Å². The molecule has 6 nitrogen and oxygen atoms in total. The van der Waals surface area contributed by atoms with Gasteiger partial charge in [0, 0.05) is 22.0 Å². The van der Waals surface area contributed by atoms with Crippen LogP contribution in [0.4, 0.5) is 5.69 Å². The van der Waals surface area contributed by atoms with Crippen molar-refractivity contribution in [2.45, 2.75) is 0 Å². The van der Waals surface area contributed by atoms with Gasteiger partial charge < -0.3 is 19.0 Å². The van der Waals surface area contributed by atoms with Crippen LogP contribution < -0.4 is 14.8 Å². The minimum absolute atomic E-state index is 0.103. The molecular weight excluding hydrogens is 418 g/mol. The second-order valence-electron chi connectivity index (χ2n) is 6.64. The number of para-hydroxylation sites is 1. The van der Waals surface area contributed by atoms with Gasteiger partial charge in [-0.3, -0.25) is 0 Å². The number of fused-ring (bicyclic) bond motifs is 1. The molecule has 0 saturated carbocycles. The molecular formula is C24H18ClNO5. The van der Waals surface area contributed by atoms with Gasteiger partial charge in [0.05, 0.1) is 30.8 Å². The molecule has 0 bridgehead atoms. The lowest BCUT2D eigenvalue weighted by molar-refractivity contribution is 0.0698. The highest BCUT2D eigenvalue weighted by Crippen LogP contribution is 2.33. The zero-order chi connectivity index (χ0) is 22.0. The monoisotopic (exact) mass is 435 g/mol. The first-order valence-electron chi connectivity index (χ1n) is 9.33. The van der Waals surface area contributed by atoms with Crippen LogP contribution in [0.25, 0.3) is 22.3 Å². The molecule has 0 radical (unpaired) electrons. The van der Waals surface area contributed by atoms with E-state index in [1.54, 1.807) is 68.8 Å². The molecule has 156 valence electrons.